The SMILES string of the molecule is CC(C)N(Cc1csc([N+](=O)[O-])c1)CC1CCNCC1. The van der Waals surface area contributed by atoms with Gasteiger partial charge in [0.15, 0.2) is 0 Å². The number of nitrogens with zero attached hydrogens (tertiary/aromatic N) is 2. The highest BCUT2D eigenvalue weighted by Crippen LogP contribution is 2.25. The van der Waals surface area contributed by atoms with E-state index in [2.05, 4.69) is 24.1 Å². The molecule has 112 valence electrons. The second-order valence-corrected chi connectivity index (χ2v) is 6.66. The first kappa shape index (κ1) is 15.4. The van der Waals surface area contributed by atoms with Gasteiger partial charge in [0.05, 0.1) is 4.92 Å². The van der Waals surface area contributed by atoms with E-state index in [-0.39, 0.29) is 9.92 Å². The fourth-order valence-electron chi connectivity index (χ4n) is 2.63. The molecule has 1 saturated heterocycles. The van der Waals surface area contributed by atoms with Gasteiger partial charge < -0.3 is 5.32 Å². The van der Waals surface area contributed by atoms with Crippen LogP contribution in [0.2, 0.25) is 0 Å². The zero-order valence-electron chi connectivity index (χ0n) is 12.2. The van der Waals surface area contributed by atoms with E-state index in [0.29, 0.717) is 6.04 Å². The quantitative estimate of drug-likeness (QED) is 0.648. The molecule has 5 nitrogen and oxygen atoms in total. The second-order valence-electron chi connectivity index (χ2n) is 5.77. The molecule has 0 saturated carbocycles. The molecule has 20 heavy (non-hydrogen) atoms. The van der Waals surface area contributed by atoms with Crippen molar-refractivity contribution in [1.82, 2.24) is 10.2 Å². The maximum atomic E-state index is 10.7. The van der Waals surface area contributed by atoms with Crippen LogP contribution in [-0.4, -0.2) is 35.5 Å². The number of hydrogen-bond acceptors (Lipinski definition) is 5. The third kappa shape index (κ3) is 4.26. The molecule has 2 rings (SSSR count). The lowest BCUT2D eigenvalue weighted by Crippen LogP contribution is -2.39. The van der Waals surface area contributed by atoms with Gasteiger partial charge in [-0.15, -0.1) is 0 Å². The van der Waals surface area contributed by atoms with Crippen LogP contribution >= 0.6 is 11.3 Å². The standard InChI is InChI=1S/C14H23N3O2S/c1-11(2)16(8-12-3-5-15-6-4-12)9-13-7-14(17(18)19)20-10-13/h7,10-12,15H,3-6,8-9H2,1-2H3. The number of hydrogen-bond donors (Lipinski definition) is 1. The highest BCUT2D eigenvalue weighted by Gasteiger charge is 2.20. The molecule has 1 aliphatic heterocycles. The Morgan fingerprint density at radius 1 is 1.50 bits per heavy atom. The van der Waals surface area contributed by atoms with E-state index in [1.807, 2.05) is 5.38 Å². The minimum absolute atomic E-state index is 0.241. The lowest BCUT2D eigenvalue weighted by Gasteiger charge is -2.32. The zero-order valence-corrected chi connectivity index (χ0v) is 13.0. The average Bonchev–Trinajstić information content (AvgIpc) is 2.88. The van der Waals surface area contributed by atoms with Crippen LogP contribution in [0.4, 0.5) is 5.00 Å². The van der Waals surface area contributed by atoms with Gasteiger partial charge in [0, 0.05) is 30.6 Å². The van der Waals surface area contributed by atoms with Gasteiger partial charge in [0.2, 0.25) is 0 Å². The third-order valence-electron chi connectivity index (χ3n) is 3.89. The highest BCUT2D eigenvalue weighted by molar-refractivity contribution is 7.13. The van der Waals surface area contributed by atoms with E-state index in [4.69, 9.17) is 0 Å². The Morgan fingerprint density at radius 3 is 2.75 bits per heavy atom. The van der Waals surface area contributed by atoms with E-state index in [1.54, 1.807) is 6.07 Å². The lowest BCUT2D eigenvalue weighted by atomic mass is 9.97. The predicted molar refractivity (Wildman–Crippen MR) is 82.1 cm³/mol. The van der Waals surface area contributed by atoms with Crippen molar-refractivity contribution in [2.45, 2.75) is 39.3 Å². The number of thiophene rings is 1. The molecule has 1 aromatic rings. The van der Waals surface area contributed by atoms with Gasteiger partial charge in [-0.2, -0.15) is 0 Å². The van der Waals surface area contributed by atoms with Gasteiger partial charge in [0.1, 0.15) is 0 Å². The van der Waals surface area contributed by atoms with Crippen molar-refractivity contribution in [3.05, 3.63) is 27.1 Å². The summed E-state index contributed by atoms with van der Waals surface area (Å²) in [5.41, 5.74) is 1.06. The molecule has 0 unspecified atom stereocenters. The fraction of sp³-hybridized carbons (Fsp3) is 0.714. The van der Waals surface area contributed by atoms with E-state index in [0.717, 1.165) is 37.7 Å². The normalized spacial score (nSPS) is 17.0. The summed E-state index contributed by atoms with van der Waals surface area (Å²) in [5, 5.41) is 16.3. The maximum absolute atomic E-state index is 10.7. The molecule has 0 aromatic carbocycles. The molecule has 1 aliphatic rings. The Bertz CT molecular complexity index is 441. The Kier molecular flexibility index (Phi) is 5.51. The molecule has 0 bridgehead atoms. The summed E-state index contributed by atoms with van der Waals surface area (Å²) >= 11 is 1.22. The van der Waals surface area contributed by atoms with E-state index in [9.17, 15) is 10.1 Å². The molecule has 0 atom stereocenters. The third-order valence-corrected chi connectivity index (χ3v) is 4.82. The number of rotatable bonds is 6. The van der Waals surface area contributed by atoms with Crippen LogP contribution in [0.5, 0.6) is 0 Å². The lowest BCUT2D eigenvalue weighted by molar-refractivity contribution is -0.380. The van der Waals surface area contributed by atoms with E-state index < -0.39 is 0 Å². The van der Waals surface area contributed by atoms with Crippen molar-refractivity contribution in [3.63, 3.8) is 0 Å². The Labute approximate surface area is 124 Å². The van der Waals surface area contributed by atoms with Crippen molar-refractivity contribution >= 4 is 16.3 Å². The summed E-state index contributed by atoms with van der Waals surface area (Å²) in [6, 6.07) is 2.17. The van der Waals surface area contributed by atoms with Gasteiger partial charge in [-0.25, -0.2) is 0 Å². The van der Waals surface area contributed by atoms with Crippen molar-refractivity contribution in [1.29, 1.82) is 0 Å². The van der Waals surface area contributed by atoms with Crippen molar-refractivity contribution in [2.75, 3.05) is 19.6 Å². The Hall–Kier alpha value is -0.980. The average molecular weight is 297 g/mol. The summed E-state index contributed by atoms with van der Waals surface area (Å²) in [5.74, 6) is 0.743. The monoisotopic (exact) mass is 297 g/mol. The summed E-state index contributed by atoms with van der Waals surface area (Å²) in [7, 11) is 0. The van der Waals surface area contributed by atoms with E-state index in [1.165, 1.54) is 24.2 Å². The minimum atomic E-state index is -0.305. The molecule has 6 heteroatoms. The van der Waals surface area contributed by atoms with Crippen LogP contribution in [0.25, 0.3) is 0 Å². The molecule has 2 heterocycles. The first-order valence-corrected chi connectivity index (χ1v) is 8.11. The number of nitro groups is 1. The van der Waals surface area contributed by atoms with Crippen molar-refractivity contribution in [3.8, 4) is 0 Å². The smallest absolute Gasteiger partial charge is 0.317 e. The Morgan fingerprint density at radius 2 is 2.20 bits per heavy atom. The summed E-state index contributed by atoms with van der Waals surface area (Å²) < 4.78 is 0. The van der Waals surface area contributed by atoms with Crippen molar-refractivity contribution in [2.24, 2.45) is 5.92 Å². The molecule has 0 aliphatic carbocycles. The molecule has 1 N–H and O–H groups in total. The molecule has 1 fully saturated rings. The van der Waals surface area contributed by atoms with Crippen LogP contribution < -0.4 is 5.32 Å². The first-order chi connectivity index (χ1) is 9.56. The summed E-state index contributed by atoms with van der Waals surface area (Å²) in [6.45, 7) is 8.51. The van der Waals surface area contributed by atoms with Gasteiger partial charge in [-0.3, -0.25) is 15.0 Å². The molecule has 1 aromatic heterocycles. The summed E-state index contributed by atoms with van der Waals surface area (Å²) in [6.07, 6.45) is 2.46. The van der Waals surface area contributed by atoms with Gasteiger partial charge in [0.25, 0.3) is 0 Å². The maximum Gasteiger partial charge on any atom is 0.324 e. The van der Waals surface area contributed by atoms with Crippen LogP contribution in [0.1, 0.15) is 32.3 Å². The van der Waals surface area contributed by atoms with Gasteiger partial charge >= 0.3 is 5.00 Å². The van der Waals surface area contributed by atoms with E-state index >= 15 is 0 Å². The fourth-order valence-corrected chi connectivity index (χ4v) is 3.35. The first-order valence-electron chi connectivity index (χ1n) is 7.23. The summed E-state index contributed by atoms with van der Waals surface area (Å²) in [4.78, 5) is 12.9. The largest absolute Gasteiger partial charge is 0.324 e. The molecule has 0 amide bonds. The number of piperidine rings is 1. The van der Waals surface area contributed by atoms with Crippen LogP contribution in [-0.2, 0) is 6.54 Å². The second kappa shape index (κ2) is 7.15. The topological polar surface area (TPSA) is 58.4 Å². The van der Waals surface area contributed by atoms with Crippen molar-refractivity contribution < 1.29 is 4.92 Å². The van der Waals surface area contributed by atoms with Crippen LogP contribution in [0, 0.1) is 16.0 Å². The minimum Gasteiger partial charge on any atom is -0.317 e. The molecule has 0 spiro atoms. The van der Waals surface area contributed by atoms with Crippen LogP contribution in [0.3, 0.4) is 0 Å². The highest BCUT2D eigenvalue weighted by atomic mass is 32.1. The molecular formula is C14H23N3O2S. The van der Waals surface area contributed by atoms with Crippen LogP contribution in [0.15, 0.2) is 11.4 Å². The number of nitrogens with one attached hydrogen (secondary N) is 1. The van der Waals surface area contributed by atoms with Gasteiger partial charge in [-0.1, -0.05) is 11.3 Å². The van der Waals surface area contributed by atoms with Gasteiger partial charge in [-0.05, 0) is 51.3 Å². The zero-order chi connectivity index (χ0) is 14.5. The predicted octanol–water partition coefficient (Wildman–Crippen LogP) is 2.87. The molecular weight excluding hydrogens is 274 g/mol. The Balaban J connectivity index is 1.95. The molecule has 0 radical (unpaired) electrons.